The van der Waals surface area contributed by atoms with Crippen LogP contribution in [0.1, 0.15) is 66.7 Å². The van der Waals surface area contributed by atoms with Crippen molar-refractivity contribution in [2.24, 2.45) is 17.3 Å². The zero-order valence-electron chi connectivity index (χ0n) is 14.0. The van der Waals surface area contributed by atoms with E-state index in [1.807, 2.05) is 0 Å². The molecule has 1 saturated carbocycles. The summed E-state index contributed by atoms with van der Waals surface area (Å²) in [7, 11) is 0. The molecule has 1 aliphatic carbocycles. The van der Waals surface area contributed by atoms with Gasteiger partial charge in [-0.05, 0) is 42.9 Å². The van der Waals surface area contributed by atoms with Crippen molar-refractivity contribution in [3.8, 4) is 0 Å². The first kappa shape index (κ1) is 17.5. The molecule has 0 aromatic carbocycles. The third kappa shape index (κ3) is 5.82. The lowest BCUT2D eigenvalue weighted by Gasteiger charge is -2.32. The molecule has 118 valence electrons. The Morgan fingerprint density at radius 3 is 2.35 bits per heavy atom. The third-order valence-electron chi connectivity index (χ3n) is 4.62. The minimum Gasteiger partial charge on any atom is -0.480 e. The molecule has 0 bridgehead atoms. The maximum absolute atomic E-state index is 11.1. The summed E-state index contributed by atoms with van der Waals surface area (Å²) >= 11 is 0. The summed E-state index contributed by atoms with van der Waals surface area (Å²) in [6, 6.07) is 0.459. The van der Waals surface area contributed by atoms with Gasteiger partial charge in [0, 0.05) is 12.6 Å². The van der Waals surface area contributed by atoms with E-state index in [4.69, 9.17) is 5.11 Å². The van der Waals surface area contributed by atoms with Crippen LogP contribution in [0.4, 0.5) is 0 Å². The fourth-order valence-electron chi connectivity index (χ4n) is 3.50. The van der Waals surface area contributed by atoms with E-state index in [1.54, 1.807) is 0 Å². The highest BCUT2D eigenvalue weighted by Gasteiger charge is 2.30. The summed E-state index contributed by atoms with van der Waals surface area (Å²) in [5, 5.41) is 9.14. The lowest BCUT2D eigenvalue weighted by atomic mass is 9.76. The Balaban J connectivity index is 2.65. The molecule has 0 radical (unpaired) electrons. The number of carboxylic acid groups (broad SMARTS) is 1. The van der Waals surface area contributed by atoms with Gasteiger partial charge in [-0.2, -0.15) is 0 Å². The molecule has 0 aliphatic heterocycles. The van der Waals surface area contributed by atoms with Crippen molar-refractivity contribution in [1.29, 1.82) is 0 Å². The van der Waals surface area contributed by atoms with Crippen LogP contribution in [-0.2, 0) is 4.79 Å². The third-order valence-corrected chi connectivity index (χ3v) is 4.62. The van der Waals surface area contributed by atoms with Crippen molar-refractivity contribution < 1.29 is 9.90 Å². The van der Waals surface area contributed by atoms with Crippen molar-refractivity contribution in [2.45, 2.75) is 72.8 Å². The Labute approximate surface area is 124 Å². The first-order valence-corrected chi connectivity index (χ1v) is 8.16. The molecule has 1 aliphatic rings. The number of aliphatic carboxylic acids is 1. The molecule has 2 unspecified atom stereocenters. The van der Waals surface area contributed by atoms with Crippen LogP contribution in [0.15, 0.2) is 0 Å². The summed E-state index contributed by atoms with van der Waals surface area (Å²) < 4.78 is 0. The molecule has 0 aromatic heterocycles. The van der Waals surface area contributed by atoms with Gasteiger partial charge in [0.15, 0.2) is 0 Å². The molecule has 0 amide bonds. The van der Waals surface area contributed by atoms with Crippen LogP contribution in [0.3, 0.4) is 0 Å². The normalized spacial score (nSPS) is 24.9. The fraction of sp³-hybridized carbons (Fsp3) is 0.941. The largest absolute Gasteiger partial charge is 0.480 e. The van der Waals surface area contributed by atoms with Crippen molar-refractivity contribution in [1.82, 2.24) is 4.90 Å². The Kier molecular flexibility index (Phi) is 6.50. The molecule has 0 aromatic rings. The SMILES string of the molecule is CC(C)CN(CC(=O)O)C1CCCC(C(C)(C)C)CC1. The van der Waals surface area contributed by atoms with Crippen LogP contribution in [0.25, 0.3) is 0 Å². The molecule has 1 fully saturated rings. The summed E-state index contributed by atoms with van der Waals surface area (Å²) in [4.78, 5) is 13.3. The van der Waals surface area contributed by atoms with E-state index in [1.165, 1.54) is 19.3 Å². The molecule has 0 saturated heterocycles. The Bertz CT molecular complexity index is 307. The fourth-order valence-corrected chi connectivity index (χ4v) is 3.50. The van der Waals surface area contributed by atoms with Crippen LogP contribution in [-0.4, -0.2) is 35.1 Å². The quantitative estimate of drug-likeness (QED) is 0.775. The van der Waals surface area contributed by atoms with Crippen LogP contribution in [0, 0.1) is 17.3 Å². The highest BCUT2D eigenvalue weighted by atomic mass is 16.4. The molecular weight excluding hydrogens is 250 g/mol. The minimum absolute atomic E-state index is 0.197. The van der Waals surface area contributed by atoms with Crippen LogP contribution >= 0.6 is 0 Å². The topological polar surface area (TPSA) is 40.5 Å². The number of hydrogen-bond acceptors (Lipinski definition) is 2. The lowest BCUT2D eigenvalue weighted by Crippen LogP contribution is -2.41. The Morgan fingerprint density at radius 2 is 1.85 bits per heavy atom. The average Bonchev–Trinajstić information content (AvgIpc) is 2.51. The van der Waals surface area contributed by atoms with Gasteiger partial charge in [0.2, 0.25) is 0 Å². The van der Waals surface area contributed by atoms with Crippen molar-refractivity contribution in [3.63, 3.8) is 0 Å². The van der Waals surface area contributed by atoms with Gasteiger partial charge in [0.25, 0.3) is 0 Å². The number of hydrogen-bond donors (Lipinski definition) is 1. The smallest absolute Gasteiger partial charge is 0.317 e. The van der Waals surface area contributed by atoms with Crippen LogP contribution in [0.2, 0.25) is 0 Å². The number of carboxylic acids is 1. The first-order chi connectivity index (χ1) is 9.20. The standard InChI is InChI=1S/C17H33NO2/c1-13(2)11-18(12-16(19)20)15-8-6-7-14(9-10-15)17(3,4)5/h13-15H,6-12H2,1-5H3,(H,19,20). The van der Waals surface area contributed by atoms with Gasteiger partial charge in [-0.25, -0.2) is 0 Å². The average molecular weight is 283 g/mol. The number of carbonyl (C=O) groups is 1. The van der Waals surface area contributed by atoms with Crippen LogP contribution < -0.4 is 0 Å². The summed E-state index contributed by atoms with van der Waals surface area (Å²) in [6.45, 7) is 12.4. The van der Waals surface area contributed by atoms with Gasteiger partial charge >= 0.3 is 5.97 Å². The van der Waals surface area contributed by atoms with Gasteiger partial charge in [-0.1, -0.05) is 41.0 Å². The molecule has 1 N–H and O–H groups in total. The summed E-state index contributed by atoms with van der Waals surface area (Å²) in [5.41, 5.74) is 0.380. The molecule has 1 rings (SSSR count). The van der Waals surface area contributed by atoms with E-state index in [9.17, 15) is 4.79 Å². The van der Waals surface area contributed by atoms with Crippen molar-refractivity contribution in [3.05, 3.63) is 0 Å². The van der Waals surface area contributed by atoms with Crippen molar-refractivity contribution >= 4 is 5.97 Å². The van der Waals surface area contributed by atoms with Gasteiger partial charge in [0.1, 0.15) is 0 Å². The monoisotopic (exact) mass is 283 g/mol. The Morgan fingerprint density at radius 1 is 1.20 bits per heavy atom. The molecule has 2 atom stereocenters. The molecule has 20 heavy (non-hydrogen) atoms. The van der Waals surface area contributed by atoms with Gasteiger partial charge < -0.3 is 5.11 Å². The zero-order valence-corrected chi connectivity index (χ0v) is 14.0. The number of rotatable bonds is 5. The summed E-state index contributed by atoms with van der Waals surface area (Å²) in [6.07, 6.45) is 6.08. The molecular formula is C17H33NO2. The second kappa shape index (κ2) is 7.44. The highest BCUT2D eigenvalue weighted by Crippen LogP contribution is 2.37. The second-order valence-corrected chi connectivity index (χ2v) is 7.94. The predicted molar refractivity (Wildman–Crippen MR) is 83.9 cm³/mol. The van der Waals surface area contributed by atoms with Gasteiger partial charge in [0.05, 0.1) is 6.54 Å². The molecule has 3 heteroatoms. The maximum atomic E-state index is 11.1. The lowest BCUT2D eigenvalue weighted by molar-refractivity contribution is -0.139. The van der Waals surface area contributed by atoms with Crippen LogP contribution in [0.5, 0.6) is 0 Å². The van der Waals surface area contributed by atoms with Crippen molar-refractivity contribution in [2.75, 3.05) is 13.1 Å². The van der Waals surface area contributed by atoms with E-state index in [0.717, 1.165) is 25.3 Å². The summed E-state index contributed by atoms with van der Waals surface area (Å²) in [5.74, 6) is 0.608. The van der Waals surface area contributed by atoms with E-state index in [0.29, 0.717) is 17.4 Å². The van der Waals surface area contributed by atoms with E-state index >= 15 is 0 Å². The van der Waals surface area contributed by atoms with E-state index in [2.05, 4.69) is 39.5 Å². The zero-order chi connectivity index (χ0) is 15.3. The predicted octanol–water partition coefficient (Wildman–Crippen LogP) is 4.02. The van der Waals surface area contributed by atoms with Gasteiger partial charge in [-0.15, -0.1) is 0 Å². The van der Waals surface area contributed by atoms with E-state index in [-0.39, 0.29) is 6.54 Å². The minimum atomic E-state index is -0.692. The number of nitrogens with zero attached hydrogens (tertiary/aromatic N) is 1. The second-order valence-electron chi connectivity index (χ2n) is 7.94. The molecule has 0 heterocycles. The van der Waals surface area contributed by atoms with E-state index < -0.39 is 5.97 Å². The maximum Gasteiger partial charge on any atom is 0.317 e. The molecule has 3 nitrogen and oxygen atoms in total. The Hall–Kier alpha value is -0.570. The highest BCUT2D eigenvalue weighted by molar-refractivity contribution is 5.69. The van der Waals surface area contributed by atoms with Gasteiger partial charge in [-0.3, -0.25) is 9.69 Å². The molecule has 0 spiro atoms. The first-order valence-electron chi connectivity index (χ1n) is 8.16.